The molecule has 1 rings (SSSR count). The Hall–Kier alpha value is -1.32. The van der Waals surface area contributed by atoms with Crippen LogP contribution in [0.1, 0.15) is 13.3 Å². The number of hydrogen-bond acceptors (Lipinski definition) is 3. The number of amides is 1. The summed E-state index contributed by atoms with van der Waals surface area (Å²) in [6, 6.07) is 0. The van der Waals surface area contributed by atoms with E-state index in [2.05, 4.69) is 5.32 Å². The van der Waals surface area contributed by atoms with Crippen LogP contribution in [-0.4, -0.2) is 24.5 Å². The number of rotatable bonds is 2. The number of allylic oxidation sites excluding steroid dienone is 1. The number of esters is 1. The maximum Gasteiger partial charge on any atom is 0.331 e. The third-order valence-corrected chi connectivity index (χ3v) is 1.56. The first-order chi connectivity index (χ1) is 5.74. The van der Waals surface area contributed by atoms with E-state index in [1.165, 1.54) is 6.08 Å². The standard InChI is InChI=1S/C8H11NO3/c1-2-3-7(10)12-6-4-5-9-8(6)11/h2-3,6H,4-5H2,1H3,(H,9,11)/b3-2+. The summed E-state index contributed by atoms with van der Waals surface area (Å²) in [6.07, 6.45) is 2.86. The summed E-state index contributed by atoms with van der Waals surface area (Å²) in [5.41, 5.74) is 0. The van der Waals surface area contributed by atoms with Crippen LogP contribution in [0.3, 0.4) is 0 Å². The highest BCUT2D eigenvalue weighted by atomic mass is 16.5. The Balaban J connectivity index is 2.40. The summed E-state index contributed by atoms with van der Waals surface area (Å²) in [6.45, 7) is 2.31. The van der Waals surface area contributed by atoms with Crippen LogP contribution in [0, 0.1) is 0 Å². The molecule has 1 amide bonds. The second kappa shape index (κ2) is 3.90. The minimum Gasteiger partial charge on any atom is -0.449 e. The van der Waals surface area contributed by atoms with Gasteiger partial charge in [-0.25, -0.2) is 4.79 Å². The average Bonchev–Trinajstić information content (AvgIpc) is 2.37. The lowest BCUT2D eigenvalue weighted by molar-refractivity contribution is -0.149. The lowest BCUT2D eigenvalue weighted by atomic mass is 10.3. The van der Waals surface area contributed by atoms with Crippen LogP contribution >= 0.6 is 0 Å². The molecule has 4 nitrogen and oxygen atoms in total. The molecule has 0 aromatic carbocycles. The lowest BCUT2D eigenvalue weighted by Gasteiger charge is -2.05. The number of carbonyl (C=O) groups excluding carboxylic acids is 2. The highest BCUT2D eigenvalue weighted by Gasteiger charge is 2.26. The molecule has 0 bridgehead atoms. The van der Waals surface area contributed by atoms with Crippen LogP contribution in [0.2, 0.25) is 0 Å². The lowest BCUT2D eigenvalue weighted by Crippen LogP contribution is -2.27. The zero-order valence-corrected chi connectivity index (χ0v) is 6.87. The fourth-order valence-electron chi connectivity index (χ4n) is 0.999. The Morgan fingerprint density at radius 3 is 3.00 bits per heavy atom. The topological polar surface area (TPSA) is 55.4 Å². The van der Waals surface area contributed by atoms with Crippen LogP contribution in [-0.2, 0) is 14.3 Å². The average molecular weight is 169 g/mol. The van der Waals surface area contributed by atoms with Crippen molar-refractivity contribution in [1.82, 2.24) is 5.32 Å². The summed E-state index contributed by atoms with van der Waals surface area (Å²) >= 11 is 0. The molecule has 0 aliphatic carbocycles. The molecular weight excluding hydrogens is 158 g/mol. The van der Waals surface area contributed by atoms with Crippen LogP contribution in [0.4, 0.5) is 0 Å². The monoisotopic (exact) mass is 169 g/mol. The molecule has 12 heavy (non-hydrogen) atoms. The minimum absolute atomic E-state index is 0.201. The highest BCUT2D eigenvalue weighted by molar-refractivity contribution is 5.88. The fourth-order valence-corrected chi connectivity index (χ4v) is 0.999. The molecule has 1 unspecified atom stereocenters. The Kier molecular flexibility index (Phi) is 2.85. The van der Waals surface area contributed by atoms with E-state index in [9.17, 15) is 9.59 Å². The van der Waals surface area contributed by atoms with Gasteiger partial charge in [-0.1, -0.05) is 6.08 Å². The smallest absolute Gasteiger partial charge is 0.331 e. The van der Waals surface area contributed by atoms with Crippen molar-refractivity contribution in [2.45, 2.75) is 19.4 Å². The van der Waals surface area contributed by atoms with Gasteiger partial charge in [-0.2, -0.15) is 0 Å². The van der Waals surface area contributed by atoms with Gasteiger partial charge in [0.15, 0.2) is 6.10 Å². The molecule has 0 aromatic rings. The molecule has 1 heterocycles. The largest absolute Gasteiger partial charge is 0.449 e. The molecule has 0 aromatic heterocycles. The van der Waals surface area contributed by atoms with Crippen molar-refractivity contribution in [3.05, 3.63) is 12.2 Å². The van der Waals surface area contributed by atoms with Gasteiger partial charge in [0.05, 0.1) is 0 Å². The van der Waals surface area contributed by atoms with Gasteiger partial charge in [0, 0.05) is 19.0 Å². The Bertz CT molecular complexity index is 222. The quantitative estimate of drug-likeness (QED) is 0.467. The van der Waals surface area contributed by atoms with Crippen molar-refractivity contribution < 1.29 is 14.3 Å². The molecular formula is C8H11NO3. The van der Waals surface area contributed by atoms with Crippen LogP contribution in [0.15, 0.2) is 12.2 Å². The molecule has 66 valence electrons. The van der Waals surface area contributed by atoms with E-state index in [-0.39, 0.29) is 5.91 Å². The van der Waals surface area contributed by atoms with E-state index in [1.807, 2.05) is 0 Å². The predicted molar refractivity (Wildman–Crippen MR) is 42.3 cm³/mol. The van der Waals surface area contributed by atoms with Gasteiger partial charge in [0.2, 0.25) is 0 Å². The van der Waals surface area contributed by atoms with E-state index in [4.69, 9.17) is 4.74 Å². The summed E-state index contributed by atoms with van der Waals surface area (Å²) < 4.78 is 4.83. The molecule has 1 aliphatic heterocycles. The molecule has 1 atom stereocenters. The fraction of sp³-hybridized carbons (Fsp3) is 0.500. The number of ether oxygens (including phenoxy) is 1. The number of nitrogens with one attached hydrogen (secondary N) is 1. The maximum absolute atomic E-state index is 10.9. The van der Waals surface area contributed by atoms with Crippen molar-refractivity contribution in [3.63, 3.8) is 0 Å². The minimum atomic E-state index is -0.589. The molecule has 1 fully saturated rings. The second-order valence-electron chi connectivity index (χ2n) is 2.51. The third kappa shape index (κ3) is 2.08. The van der Waals surface area contributed by atoms with Crippen LogP contribution < -0.4 is 5.32 Å². The van der Waals surface area contributed by atoms with E-state index >= 15 is 0 Å². The number of hydrogen-bond donors (Lipinski definition) is 1. The van der Waals surface area contributed by atoms with E-state index in [0.717, 1.165) is 0 Å². The third-order valence-electron chi connectivity index (χ3n) is 1.56. The summed E-state index contributed by atoms with van der Waals surface area (Å²) in [5.74, 6) is -0.660. The van der Waals surface area contributed by atoms with E-state index in [1.54, 1.807) is 13.0 Å². The molecule has 0 radical (unpaired) electrons. The van der Waals surface area contributed by atoms with Crippen molar-refractivity contribution in [1.29, 1.82) is 0 Å². The normalized spacial score (nSPS) is 22.8. The van der Waals surface area contributed by atoms with E-state index < -0.39 is 12.1 Å². The number of carbonyl (C=O) groups is 2. The van der Waals surface area contributed by atoms with Crippen molar-refractivity contribution in [2.24, 2.45) is 0 Å². The van der Waals surface area contributed by atoms with E-state index in [0.29, 0.717) is 13.0 Å². The Morgan fingerprint density at radius 1 is 1.75 bits per heavy atom. The molecule has 4 heteroatoms. The van der Waals surface area contributed by atoms with Gasteiger partial charge < -0.3 is 10.1 Å². The van der Waals surface area contributed by atoms with Gasteiger partial charge in [-0.3, -0.25) is 4.79 Å². The van der Waals surface area contributed by atoms with Gasteiger partial charge in [0.1, 0.15) is 0 Å². The van der Waals surface area contributed by atoms with Crippen molar-refractivity contribution in [2.75, 3.05) is 6.54 Å². The predicted octanol–water partition coefficient (Wildman–Crippen LogP) is -0.00580. The molecule has 0 spiro atoms. The van der Waals surface area contributed by atoms with Gasteiger partial charge in [-0.05, 0) is 6.92 Å². The van der Waals surface area contributed by atoms with Gasteiger partial charge in [0.25, 0.3) is 5.91 Å². The van der Waals surface area contributed by atoms with Gasteiger partial charge >= 0.3 is 5.97 Å². The zero-order chi connectivity index (χ0) is 8.97. The SMILES string of the molecule is C/C=C/C(=O)OC1CCNC1=O. The molecule has 1 aliphatic rings. The van der Waals surface area contributed by atoms with Crippen LogP contribution in [0.5, 0.6) is 0 Å². The summed E-state index contributed by atoms with van der Waals surface area (Å²) in [5, 5.41) is 2.58. The Morgan fingerprint density at radius 2 is 2.50 bits per heavy atom. The van der Waals surface area contributed by atoms with Crippen molar-refractivity contribution >= 4 is 11.9 Å². The van der Waals surface area contributed by atoms with Crippen LogP contribution in [0.25, 0.3) is 0 Å². The maximum atomic E-state index is 10.9. The zero-order valence-electron chi connectivity index (χ0n) is 6.87. The van der Waals surface area contributed by atoms with Gasteiger partial charge in [-0.15, -0.1) is 0 Å². The first kappa shape index (κ1) is 8.77. The second-order valence-corrected chi connectivity index (χ2v) is 2.51. The first-order valence-corrected chi connectivity index (χ1v) is 3.85. The molecule has 1 saturated heterocycles. The summed E-state index contributed by atoms with van der Waals surface area (Å²) in [7, 11) is 0. The Labute approximate surface area is 70.6 Å². The van der Waals surface area contributed by atoms with Crippen molar-refractivity contribution in [3.8, 4) is 0 Å². The first-order valence-electron chi connectivity index (χ1n) is 3.85. The molecule has 0 saturated carbocycles. The highest BCUT2D eigenvalue weighted by Crippen LogP contribution is 2.05. The molecule has 1 N–H and O–H groups in total. The summed E-state index contributed by atoms with van der Waals surface area (Å²) in [4.78, 5) is 21.8.